The Balaban J connectivity index is 0.000000255. The summed E-state index contributed by atoms with van der Waals surface area (Å²) >= 11 is 6.08. The maximum Gasteiger partial charge on any atom is 0.490 e. The van der Waals surface area contributed by atoms with Gasteiger partial charge < -0.3 is 25.9 Å². The summed E-state index contributed by atoms with van der Waals surface area (Å²) < 4.78 is 37.7. The van der Waals surface area contributed by atoms with Crippen molar-refractivity contribution in [3.8, 4) is 0 Å². The molecule has 2 fully saturated rings. The minimum absolute atomic E-state index is 0.245. The van der Waals surface area contributed by atoms with Gasteiger partial charge in [0.2, 0.25) is 5.95 Å². The lowest BCUT2D eigenvalue weighted by Crippen LogP contribution is -2.29. The Hall–Kier alpha value is -2.79. The number of halogens is 4. The molecule has 1 aliphatic carbocycles. The molecule has 154 valence electrons. The molecule has 0 amide bonds. The van der Waals surface area contributed by atoms with Crippen molar-refractivity contribution in [1.82, 2.24) is 9.97 Å². The van der Waals surface area contributed by atoms with E-state index in [1.807, 2.05) is 12.1 Å². The molecule has 12 heteroatoms. The number of nitrogen functional groups attached to an aromatic ring is 1. The molecule has 2 unspecified atom stereocenters. The highest BCUT2D eigenvalue weighted by molar-refractivity contribution is 6.31. The number of nitrogens with two attached hydrogens (primary N) is 2. The molecule has 3 aromatic rings. The van der Waals surface area contributed by atoms with Crippen LogP contribution in [0, 0.1) is 11.8 Å². The summed E-state index contributed by atoms with van der Waals surface area (Å²) in [6.45, 7) is 1.80. The van der Waals surface area contributed by atoms with Crippen LogP contribution in [-0.4, -0.2) is 46.4 Å². The smallest absolute Gasteiger partial charge is 0.475 e. The van der Waals surface area contributed by atoms with Crippen LogP contribution < -0.4 is 16.4 Å². The molecule has 5 N–H and O–H groups in total. The van der Waals surface area contributed by atoms with Crippen molar-refractivity contribution in [3.05, 3.63) is 23.2 Å². The van der Waals surface area contributed by atoms with Crippen LogP contribution in [0.15, 0.2) is 22.6 Å². The third-order valence-electron chi connectivity index (χ3n) is 5.08. The Kier molecular flexibility index (Phi) is 4.46. The highest BCUT2D eigenvalue weighted by Crippen LogP contribution is 2.46. The van der Waals surface area contributed by atoms with E-state index in [1.165, 1.54) is 0 Å². The number of benzene rings is 1. The number of furan rings is 1. The molecule has 0 radical (unpaired) electrons. The number of aromatic nitrogens is 2. The average molecular weight is 430 g/mol. The number of nitrogens with zero attached hydrogens (tertiary/aromatic N) is 3. The van der Waals surface area contributed by atoms with Crippen molar-refractivity contribution in [1.29, 1.82) is 0 Å². The highest BCUT2D eigenvalue weighted by Gasteiger charge is 2.54. The summed E-state index contributed by atoms with van der Waals surface area (Å²) in [5.41, 5.74) is 14.0. The van der Waals surface area contributed by atoms with Gasteiger partial charge in [0.1, 0.15) is 11.1 Å². The molecule has 1 saturated carbocycles. The minimum Gasteiger partial charge on any atom is -0.475 e. The molecule has 2 aromatic heterocycles. The third kappa shape index (κ3) is 3.51. The van der Waals surface area contributed by atoms with Crippen molar-refractivity contribution in [3.63, 3.8) is 0 Å². The maximum absolute atomic E-state index is 10.6. The first-order valence-corrected chi connectivity index (χ1v) is 8.90. The van der Waals surface area contributed by atoms with Gasteiger partial charge >= 0.3 is 12.1 Å². The van der Waals surface area contributed by atoms with Crippen molar-refractivity contribution in [2.24, 2.45) is 17.6 Å². The average Bonchev–Trinajstić information content (AvgIpc) is 3.01. The van der Waals surface area contributed by atoms with Gasteiger partial charge in [-0.3, -0.25) is 0 Å². The SMILES string of the molecule is Nc1nc(N2CC3C(N)C3C2)c2oc3ccc(Cl)cc3c2n1.O=C(O)C(F)(F)F. The molecular formula is C17H15ClF3N5O3. The zero-order chi connectivity index (χ0) is 21.1. The molecule has 5 rings (SSSR count). The lowest BCUT2D eigenvalue weighted by Gasteiger charge is -2.20. The molecule has 8 nitrogen and oxygen atoms in total. The fourth-order valence-corrected chi connectivity index (χ4v) is 3.75. The number of carboxylic acids is 1. The van der Waals surface area contributed by atoms with E-state index in [1.54, 1.807) is 6.07 Å². The van der Waals surface area contributed by atoms with E-state index in [0.29, 0.717) is 34.0 Å². The Labute approximate surface area is 166 Å². The van der Waals surface area contributed by atoms with Crippen LogP contribution in [0.25, 0.3) is 22.1 Å². The number of hydrogen-bond acceptors (Lipinski definition) is 7. The fourth-order valence-electron chi connectivity index (χ4n) is 3.58. The zero-order valence-corrected chi connectivity index (χ0v) is 15.4. The predicted molar refractivity (Wildman–Crippen MR) is 99.6 cm³/mol. The van der Waals surface area contributed by atoms with Gasteiger partial charge in [-0.2, -0.15) is 18.2 Å². The van der Waals surface area contributed by atoms with Gasteiger partial charge in [0.05, 0.1) is 0 Å². The molecular weight excluding hydrogens is 415 g/mol. The number of aliphatic carboxylic acids is 1. The predicted octanol–water partition coefficient (Wildman–Crippen LogP) is 2.64. The fraction of sp³-hybridized carbons (Fsp3) is 0.353. The normalized spacial score (nSPS) is 23.1. The van der Waals surface area contributed by atoms with E-state index in [4.69, 9.17) is 37.4 Å². The number of hydrogen-bond donors (Lipinski definition) is 3. The summed E-state index contributed by atoms with van der Waals surface area (Å²) in [7, 11) is 0. The van der Waals surface area contributed by atoms with E-state index >= 15 is 0 Å². The van der Waals surface area contributed by atoms with Crippen molar-refractivity contribution in [2.45, 2.75) is 12.2 Å². The monoisotopic (exact) mass is 429 g/mol. The quantitative estimate of drug-likeness (QED) is 0.538. The van der Waals surface area contributed by atoms with E-state index in [0.717, 1.165) is 29.9 Å². The van der Waals surface area contributed by atoms with E-state index in [-0.39, 0.29) is 5.95 Å². The second kappa shape index (κ2) is 6.63. The first-order valence-electron chi connectivity index (χ1n) is 8.52. The van der Waals surface area contributed by atoms with Crippen LogP contribution in [0.4, 0.5) is 24.9 Å². The zero-order valence-electron chi connectivity index (χ0n) is 14.7. The van der Waals surface area contributed by atoms with Gasteiger partial charge in [-0.1, -0.05) is 11.6 Å². The molecule has 1 aromatic carbocycles. The number of carboxylic acid groups (broad SMARTS) is 1. The summed E-state index contributed by atoms with van der Waals surface area (Å²) in [6, 6.07) is 5.82. The molecule has 3 heterocycles. The van der Waals surface area contributed by atoms with Crippen LogP contribution in [-0.2, 0) is 4.79 Å². The number of alkyl halides is 3. The second-order valence-corrected chi connectivity index (χ2v) is 7.38. The molecule has 0 bridgehead atoms. The summed E-state index contributed by atoms with van der Waals surface area (Å²) in [6.07, 6.45) is -5.08. The van der Waals surface area contributed by atoms with E-state index < -0.39 is 12.1 Å². The van der Waals surface area contributed by atoms with Crippen molar-refractivity contribution >= 4 is 51.4 Å². The van der Waals surface area contributed by atoms with Gasteiger partial charge in [0, 0.05) is 29.5 Å². The van der Waals surface area contributed by atoms with Crippen molar-refractivity contribution in [2.75, 3.05) is 23.7 Å². The topological polar surface area (TPSA) is 132 Å². The molecule has 0 spiro atoms. The van der Waals surface area contributed by atoms with E-state index in [2.05, 4.69) is 14.9 Å². The van der Waals surface area contributed by atoms with Gasteiger partial charge in [0.25, 0.3) is 0 Å². The molecule has 1 saturated heterocycles. The summed E-state index contributed by atoms with van der Waals surface area (Å²) in [4.78, 5) is 19.8. The van der Waals surface area contributed by atoms with Gasteiger partial charge in [0.15, 0.2) is 11.4 Å². The van der Waals surface area contributed by atoms with E-state index in [9.17, 15) is 13.2 Å². The Morgan fingerprint density at radius 1 is 1.28 bits per heavy atom. The highest BCUT2D eigenvalue weighted by atomic mass is 35.5. The van der Waals surface area contributed by atoms with Gasteiger partial charge in [-0.15, -0.1) is 0 Å². The molecule has 2 aliphatic rings. The van der Waals surface area contributed by atoms with Crippen LogP contribution in [0.2, 0.25) is 5.02 Å². The van der Waals surface area contributed by atoms with Gasteiger partial charge in [-0.05, 0) is 30.0 Å². The first kappa shape index (κ1) is 19.5. The lowest BCUT2D eigenvalue weighted by molar-refractivity contribution is -0.192. The van der Waals surface area contributed by atoms with Crippen LogP contribution in [0.5, 0.6) is 0 Å². The largest absolute Gasteiger partial charge is 0.490 e. The Morgan fingerprint density at radius 2 is 1.90 bits per heavy atom. The lowest BCUT2D eigenvalue weighted by atomic mass is 10.2. The number of carbonyl (C=O) groups is 1. The number of rotatable bonds is 1. The van der Waals surface area contributed by atoms with Crippen LogP contribution in [0.3, 0.4) is 0 Å². The molecule has 1 aliphatic heterocycles. The molecule has 2 atom stereocenters. The number of anilines is 2. The number of piperidine rings is 1. The van der Waals surface area contributed by atoms with Crippen LogP contribution in [0.1, 0.15) is 0 Å². The Morgan fingerprint density at radius 3 is 2.48 bits per heavy atom. The van der Waals surface area contributed by atoms with Crippen molar-refractivity contribution < 1.29 is 27.5 Å². The summed E-state index contributed by atoms with van der Waals surface area (Å²) in [5, 5.41) is 8.63. The maximum atomic E-state index is 10.6. The third-order valence-corrected chi connectivity index (χ3v) is 5.31. The standard InChI is InChI=1S/C15H14ClN5O.C2HF3O2/c16-6-1-2-10-7(3-6)12-13(22-10)14(20-15(18)19-12)21-4-8-9(5-21)11(8)17;3-2(4,5)1(6)7/h1-3,8-9,11H,4-5,17H2,(H2,18,19,20);(H,6,7). The molecule has 29 heavy (non-hydrogen) atoms. The van der Waals surface area contributed by atoms with Crippen LogP contribution >= 0.6 is 11.6 Å². The summed E-state index contributed by atoms with van der Waals surface area (Å²) in [5.74, 6) is -0.633. The minimum atomic E-state index is -5.08. The number of fused-ring (bicyclic) bond motifs is 4. The second-order valence-electron chi connectivity index (χ2n) is 6.94. The first-order chi connectivity index (χ1) is 13.6. The van der Waals surface area contributed by atoms with Gasteiger partial charge in [-0.25, -0.2) is 9.78 Å². The Bertz CT molecular complexity index is 1110.